The molecule has 8 bridgehead atoms. The van der Waals surface area contributed by atoms with Gasteiger partial charge < -0.3 is 24.2 Å². The molecule has 5 heterocycles. The number of hydrogen-bond donors (Lipinski definition) is 2. The molecule has 3 aromatic rings. The third-order valence-electron chi connectivity index (χ3n) is 7.43. The second-order valence-electron chi connectivity index (χ2n) is 11.5. The van der Waals surface area contributed by atoms with E-state index in [1.165, 1.54) is 0 Å². The van der Waals surface area contributed by atoms with Crippen LogP contribution in [0.15, 0.2) is 30.3 Å². The average Bonchev–Trinajstić information content (AvgIpc) is 3.60. The fourth-order valence-electron chi connectivity index (χ4n) is 5.39. The van der Waals surface area contributed by atoms with Gasteiger partial charge in [0.05, 0.1) is 48.2 Å². The molecule has 0 amide bonds. The summed E-state index contributed by atoms with van der Waals surface area (Å²) in [4.78, 5) is 42.6. The standard InChI is InChI=1S/C31H36N4O5/c1-8-39-28(36)20-10-17-13-25-31(5,6)16-23(35-25)27(38-7)26-21(29(37)40-9-2)11-18(34-26)14-24-30(3,4)15-19(33-24)12-22(20)32-17/h10-14,32,34H,8-9,15-16H2,1-7H3. The fraction of sp³-hybridized carbons (Fsp3) is 0.419. The lowest BCUT2D eigenvalue weighted by Crippen LogP contribution is -2.15. The molecule has 0 unspecified atom stereocenters. The van der Waals surface area contributed by atoms with Crippen molar-refractivity contribution in [1.82, 2.24) is 19.9 Å². The van der Waals surface area contributed by atoms with E-state index in [1.807, 2.05) is 18.2 Å². The van der Waals surface area contributed by atoms with Crippen LogP contribution in [0.3, 0.4) is 0 Å². The zero-order chi connectivity index (χ0) is 28.8. The summed E-state index contributed by atoms with van der Waals surface area (Å²) in [6.07, 6.45) is 1.26. The summed E-state index contributed by atoms with van der Waals surface area (Å²) in [5, 5.41) is 0. The lowest BCUT2D eigenvalue weighted by molar-refractivity contribution is 0.0519. The number of rotatable bonds is 5. The van der Waals surface area contributed by atoms with Gasteiger partial charge in [-0.2, -0.15) is 0 Å². The maximum Gasteiger partial charge on any atom is 0.340 e. The second kappa shape index (κ2) is 10.1. The van der Waals surface area contributed by atoms with Crippen LogP contribution in [0.4, 0.5) is 0 Å². The number of H-pyrrole nitrogens is 2. The zero-order valence-corrected chi connectivity index (χ0v) is 24.2. The molecule has 2 N–H and O–H groups in total. The number of carbonyl (C=O) groups is 2. The van der Waals surface area contributed by atoms with Crippen LogP contribution in [0.25, 0.3) is 22.1 Å². The summed E-state index contributed by atoms with van der Waals surface area (Å²) in [7, 11) is 1.58. The number of hydrogen-bond acceptors (Lipinski definition) is 7. The molecule has 0 aromatic carbocycles. The minimum atomic E-state index is -0.437. The van der Waals surface area contributed by atoms with Crippen LogP contribution in [0.5, 0.6) is 5.75 Å². The molecule has 0 fully saturated rings. The molecule has 210 valence electrons. The number of nitrogens with one attached hydrogen (secondary N) is 2. The Bertz CT molecular complexity index is 1660. The molecule has 0 saturated carbocycles. The van der Waals surface area contributed by atoms with E-state index in [0.29, 0.717) is 52.0 Å². The Balaban J connectivity index is 1.92. The summed E-state index contributed by atoms with van der Waals surface area (Å²) in [5.74, 6) is -0.345. The van der Waals surface area contributed by atoms with E-state index in [2.05, 4.69) is 37.7 Å². The number of esters is 2. The molecule has 3 aromatic heterocycles. The second-order valence-corrected chi connectivity index (χ2v) is 11.5. The van der Waals surface area contributed by atoms with Crippen LogP contribution in [-0.4, -0.2) is 52.2 Å². The first kappa shape index (κ1) is 27.4. The number of methoxy groups -OCH3 is 1. The number of nitrogens with zero attached hydrogens (tertiary/aromatic N) is 2. The van der Waals surface area contributed by atoms with Crippen LogP contribution in [0.2, 0.25) is 0 Å². The summed E-state index contributed by atoms with van der Waals surface area (Å²) in [6.45, 7) is 12.5. The Morgan fingerprint density at radius 2 is 1.38 bits per heavy atom. The molecular weight excluding hydrogens is 508 g/mol. The van der Waals surface area contributed by atoms with E-state index < -0.39 is 11.9 Å². The minimum absolute atomic E-state index is 0.255. The number of carbonyl (C=O) groups excluding carboxylic acids is 2. The molecule has 2 aliphatic heterocycles. The van der Waals surface area contributed by atoms with Gasteiger partial charge in [0.1, 0.15) is 0 Å². The van der Waals surface area contributed by atoms with Gasteiger partial charge in [0.25, 0.3) is 0 Å². The Kier molecular flexibility index (Phi) is 6.94. The molecule has 0 aliphatic carbocycles. The first-order valence-corrected chi connectivity index (χ1v) is 13.6. The van der Waals surface area contributed by atoms with Crippen molar-refractivity contribution in [3.63, 3.8) is 0 Å². The minimum Gasteiger partial charge on any atom is -0.493 e. The lowest BCUT2D eigenvalue weighted by Gasteiger charge is -2.16. The maximum atomic E-state index is 13.0. The summed E-state index contributed by atoms with van der Waals surface area (Å²) in [5.41, 5.74) is 6.03. The van der Waals surface area contributed by atoms with E-state index in [4.69, 9.17) is 24.2 Å². The average molecular weight is 545 g/mol. The number of aromatic nitrogens is 4. The zero-order valence-electron chi connectivity index (χ0n) is 24.2. The van der Waals surface area contributed by atoms with Gasteiger partial charge in [-0.25, -0.2) is 9.59 Å². The van der Waals surface area contributed by atoms with Gasteiger partial charge in [0, 0.05) is 51.8 Å². The highest BCUT2D eigenvalue weighted by Crippen LogP contribution is 2.38. The normalized spacial score (nSPS) is 15.5. The van der Waals surface area contributed by atoms with Crippen molar-refractivity contribution in [2.24, 2.45) is 0 Å². The largest absolute Gasteiger partial charge is 0.493 e. The predicted molar refractivity (Wildman–Crippen MR) is 153 cm³/mol. The molecule has 5 rings (SSSR count). The number of ether oxygens (including phenoxy) is 3. The highest BCUT2D eigenvalue weighted by atomic mass is 16.5. The van der Waals surface area contributed by atoms with Gasteiger partial charge in [-0.15, -0.1) is 0 Å². The molecule has 2 aliphatic rings. The SMILES string of the molecule is CCOC(=O)c1cc2cc3nc(c(OC)c4[nH]c(cc5nc(cc1[nH]2)CC5(C)C)cc4C(=O)OCC)CC3(C)C. The first-order chi connectivity index (χ1) is 19.0. The van der Waals surface area contributed by atoms with Crippen LogP contribution in [0.1, 0.15) is 85.0 Å². The molecule has 0 atom stereocenters. The smallest absolute Gasteiger partial charge is 0.340 e. The molecule has 9 nitrogen and oxygen atoms in total. The molecule has 0 spiro atoms. The maximum absolute atomic E-state index is 13.0. The van der Waals surface area contributed by atoms with Gasteiger partial charge >= 0.3 is 11.9 Å². The van der Waals surface area contributed by atoms with E-state index in [1.54, 1.807) is 33.1 Å². The highest BCUT2D eigenvalue weighted by molar-refractivity contribution is 6.01. The molecule has 0 radical (unpaired) electrons. The Morgan fingerprint density at radius 3 is 2.02 bits per heavy atom. The van der Waals surface area contributed by atoms with Crippen LogP contribution in [-0.2, 0) is 33.1 Å². The molecule has 0 saturated heterocycles. The Morgan fingerprint density at radius 1 is 0.800 bits per heavy atom. The van der Waals surface area contributed by atoms with Crippen molar-refractivity contribution >= 4 is 34.0 Å². The Hall–Kier alpha value is -4.14. The molecular formula is C31H36N4O5. The fourth-order valence-corrected chi connectivity index (χ4v) is 5.39. The van der Waals surface area contributed by atoms with Crippen molar-refractivity contribution < 1.29 is 23.8 Å². The number of aromatic amines is 2. The van der Waals surface area contributed by atoms with Gasteiger partial charge in [0.15, 0.2) is 5.75 Å². The van der Waals surface area contributed by atoms with Gasteiger partial charge in [0.2, 0.25) is 0 Å². The van der Waals surface area contributed by atoms with Gasteiger partial charge in [-0.05, 0) is 44.2 Å². The topological polar surface area (TPSA) is 119 Å². The van der Waals surface area contributed by atoms with E-state index >= 15 is 0 Å². The lowest BCUT2D eigenvalue weighted by atomic mass is 9.87. The number of fused-ring (bicyclic) bond motifs is 8. The van der Waals surface area contributed by atoms with E-state index in [-0.39, 0.29) is 24.0 Å². The van der Waals surface area contributed by atoms with Gasteiger partial charge in [-0.3, -0.25) is 9.97 Å². The van der Waals surface area contributed by atoms with Crippen molar-refractivity contribution in [3.8, 4) is 5.75 Å². The van der Waals surface area contributed by atoms with Crippen LogP contribution >= 0.6 is 0 Å². The van der Waals surface area contributed by atoms with Crippen molar-refractivity contribution in [2.45, 2.75) is 65.2 Å². The highest BCUT2D eigenvalue weighted by Gasteiger charge is 2.32. The third-order valence-corrected chi connectivity index (χ3v) is 7.43. The van der Waals surface area contributed by atoms with Gasteiger partial charge in [-0.1, -0.05) is 27.7 Å². The first-order valence-electron chi connectivity index (χ1n) is 13.6. The van der Waals surface area contributed by atoms with E-state index in [9.17, 15) is 9.59 Å². The summed E-state index contributed by atoms with van der Waals surface area (Å²) < 4.78 is 16.6. The third kappa shape index (κ3) is 4.96. The van der Waals surface area contributed by atoms with Crippen LogP contribution < -0.4 is 4.74 Å². The quantitative estimate of drug-likeness (QED) is 0.395. The predicted octanol–water partition coefficient (Wildman–Crippen LogP) is 5.72. The van der Waals surface area contributed by atoms with Crippen molar-refractivity contribution in [3.05, 3.63) is 64.2 Å². The van der Waals surface area contributed by atoms with Crippen molar-refractivity contribution in [2.75, 3.05) is 20.3 Å². The van der Waals surface area contributed by atoms with Crippen molar-refractivity contribution in [1.29, 1.82) is 0 Å². The molecule has 40 heavy (non-hydrogen) atoms. The summed E-state index contributed by atoms with van der Waals surface area (Å²) >= 11 is 0. The Labute approximate surface area is 233 Å². The molecule has 9 heteroatoms. The monoisotopic (exact) mass is 544 g/mol. The van der Waals surface area contributed by atoms with Crippen LogP contribution in [0, 0.1) is 0 Å². The van der Waals surface area contributed by atoms with E-state index in [0.717, 1.165) is 22.6 Å². The summed E-state index contributed by atoms with van der Waals surface area (Å²) in [6, 6.07) is 9.39.